The number of allylic oxidation sites excluding steroid dienone is 3. The van der Waals surface area contributed by atoms with Crippen molar-refractivity contribution >= 4 is 29.3 Å². The normalized spacial score (nSPS) is 24.3. The van der Waals surface area contributed by atoms with Gasteiger partial charge in [0, 0.05) is 27.9 Å². The summed E-state index contributed by atoms with van der Waals surface area (Å²) in [5.74, 6) is -3.16. The number of carbonyl (C=O) groups is 3. The van der Waals surface area contributed by atoms with E-state index in [-0.39, 0.29) is 17.8 Å². The van der Waals surface area contributed by atoms with Crippen LogP contribution in [0.1, 0.15) is 52.0 Å². The predicted molar refractivity (Wildman–Crippen MR) is 117 cm³/mol. The molecular weight excluding hydrogens is 418 g/mol. The number of hydrogen-bond acceptors (Lipinski definition) is 6. The fourth-order valence-corrected chi connectivity index (χ4v) is 4.40. The number of Topliss-reactive ketones (excluding diaryl/α,β-unsaturated/α-hetero) is 1. The standard InChI is InChI=1S/C24H28ClNO5/c1-6-13(3)31-24(29)19-14(4)26-17-11-12(2)18(23(28)30-5)22(27)21(17)20(19)15-7-9-16(25)10-8-15/h7-10,12-13,18,20,26H,6,11H2,1-5H3/t12-,13+,18-,20-/m1/s1. The first-order chi connectivity index (χ1) is 14.7. The summed E-state index contributed by atoms with van der Waals surface area (Å²) < 4.78 is 10.5. The molecule has 1 aromatic carbocycles. The first kappa shape index (κ1) is 23.1. The second-order valence-corrected chi connectivity index (χ2v) is 8.65. The second-order valence-electron chi connectivity index (χ2n) is 8.21. The third-order valence-corrected chi connectivity index (χ3v) is 6.30. The Morgan fingerprint density at radius 2 is 1.90 bits per heavy atom. The van der Waals surface area contributed by atoms with Crippen molar-refractivity contribution in [3.8, 4) is 0 Å². The number of halogens is 1. The number of benzene rings is 1. The number of nitrogens with one attached hydrogen (secondary N) is 1. The van der Waals surface area contributed by atoms with Crippen LogP contribution in [0.3, 0.4) is 0 Å². The summed E-state index contributed by atoms with van der Waals surface area (Å²) in [6.07, 6.45) is 0.904. The smallest absolute Gasteiger partial charge is 0.337 e. The first-order valence-electron chi connectivity index (χ1n) is 10.5. The van der Waals surface area contributed by atoms with E-state index in [4.69, 9.17) is 21.1 Å². The number of ketones is 1. The highest BCUT2D eigenvalue weighted by atomic mass is 35.5. The fraction of sp³-hybridized carbons (Fsp3) is 0.458. The Labute approximate surface area is 187 Å². The van der Waals surface area contributed by atoms with Crippen LogP contribution in [0.5, 0.6) is 0 Å². The SMILES string of the molecule is CC[C@H](C)OC(=O)C1=C(C)NC2=C(C(=O)[C@H](C(=O)OC)[C@H](C)C2)[C@@H]1c1ccc(Cl)cc1. The maximum absolute atomic E-state index is 13.6. The zero-order chi connectivity index (χ0) is 22.9. The largest absolute Gasteiger partial charge is 0.468 e. The number of esters is 2. The molecule has 0 unspecified atom stereocenters. The van der Waals surface area contributed by atoms with Crippen LogP contribution in [0.15, 0.2) is 46.8 Å². The van der Waals surface area contributed by atoms with Gasteiger partial charge >= 0.3 is 11.9 Å². The first-order valence-corrected chi connectivity index (χ1v) is 10.9. The summed E-state index contributed by atoms with van der Waals surface area (Å²) in [5.41, 5.74) is 2.89. The molecule has 166 valence electrons. The van der Waals surface area contributed by atoms with Gasteiger partial charge in [0.25, 0.3) is 0 Å². The second kappa shape index (κ2) is 9.27. The molecule has 0 amide bonds. The molecule has 1 N–H and O–H groups in total. The predicted octanol–water partition coefficient (Wildman–Crippen LogP) is 4.29. The summed E-state index contributed by atoms with van der Waals surface area (Å²) in [7, 11) is 1.28. The molecule has 0 saturated carbocycles. The lowest BCUT2D eigenvalue weighted by Crippen LogP contribution is -2.43. The molecule has 1 aliphatic heterocycles. The van der Waals surface area contributed by atoms with E-state index in [1.807, 2.05) is 20.8 Å². The number of rotatable bonds is 5. The summed E-state index contributed by atoms with van der Waals surface area (Å²) in [5, 5.41) is 3.80. The molecule has 0 fully saturated rings. The fourth-order valence-electron chi connectivity index (χ4n) is 4.27. The van der Waals surface area contributed by atoms with E-state index in [0.717, 1.165) is 11.3 Å². The molecule has 1 heterocycles. The van der Waals surface area contributed by atoms with Crippen molar-refractivity contribution in [2.45, 2.75) is 52.6 Å². The lowest BCUT2D eigenvalue weighted by Gasteiger charge is -2.38. The van der Waals surface area contributed by atoms with Gasteiger partial charge in [-0.3, -0.25) is 9.59 Å². The maximum Gasteiger partial charge on any atom is 0.337 e. The van der Waals surface area contributed by atoms with Gasteiger partial charge in [0.1, 0.15) is 5.92 Å². The summed E-state index contributed by atoms with van der Waals surface area (Å²) in [6.45, 7) is 7.42. The monoisotopic (exact) mass is 445 g/mol. The van der Waals surface area contributed by atoms with E-state index >= 15 is 0 Å². The van der Waals surface area contributed by atoms with E-state index < -0.39 is 23.8 Å². The minimum absolute atomic E-state index is 0.224. The summed E-state index contributed by atoms with van der Waals surface area (Å²) >= 11 is 6.08. The number of methoxy groups -OCH3 is 1. The highest BCUT2D eigenvalue weighted by Crippen LogP contribution is 2.45. The summed E-state index contributed by atoms with van der Waals surface area (Å²) in [4.78, 5) is 39.2. The average molecular weight is 446 g/mol. The lowest BCUT2D eigenvalue weighted by molar-refractivity contribution is -0.151. The molecule has 0 radical (unpaired) electrons. The molecule has 1 aromatic rings. The van der Waals surface area contributed by atoms with Crippen LogP contribution in [-0.4, -0.2) is 30.9 Å². The number of ether oxygens (including phenoxy) is 2. The zero-order valence-electron chi connectivity index (χ0n) is 18.5. The van der Waals surface area contributed by atoms with Gasteiger partial charge in [0.05, 0.1) is 18.8 Å². The Morgan fingerprint density at radius 1 is 1.26 bits per heavy atom. The highest BCUT2D eigenvalue weighted by Gasteiger charge is 2.47. The third kappa shape index (κ3) is 4.40. The van der Waals surface area contributed by atoms with E-state index in [0.29, 0.717) is 34.7 Å². The van der Waals surface area contributed by atoms with Gasteiger partial charge in [-0.1, -0.05) is 37.6 Å². The Balaban J connectivity index is 2.15. The van der Waals surface area contributed by atoms with Crippen LogP contribution in [0.25, 0.3) is 0 Å². The van der Waals surface area contributed by atoms with E-state index in [1.54, 1.807) is 31.2 Å². The van der Waals surface area contributed by atoms with E-state index in [2.05, 4.69) is 5.32 Å². The molecular formula is C24H28ClNO5. The molecule has 0 aromatic heterocycles. The van der Waals surface area contributed by atoms with Crippen molar-refractivity contribution in [3.05, 3.63) is 57.4 Å². The van der Waals surface area contributed by atoms with Crippen molar-refractivity contribution in [1.82, 2.24) is 5.32 Å². The van der Waals surface area contributed by atoms with Gasteiger partial charge in [0.2, 0.25) is 0 Å². The van der Waals surface area contributed by atoms with Crippen LogP contribution in [0.4, 0.5) is 0 Å². The van der Waals surface area contributed by atoms with Crippen LogP contribution in [-0.2, 0) is 23.9 Å². The number of hydrogen-bond donors (Lipinski definition) is 1. The number of dihydropyridines is 1. The van der Waals surface area contributed by atoms with E-state index in [9.17, 15) is 14.4 Å². The minimum Gasteiger partial charge on any atom is -0.468 e. The molecule has 31 heavy (non-hydrogen) atoms. The van der Waals surface area contributed by atoms with Gasteiger partial charge < -0.3 is 14.8 Å². The highest BCUT2D eigenvalue weighted by molar-refractivity contribution is 6.30. The maximum atomic E-state index is 13.6. The molecule has 4 atom stereocenters. The molecule has 2 aliphatic rings. The quantitative estimate of drug-likeness (QED) is 0.537. The average Bonchev–Trinajstić information content (AvgIpc) is 2.72. The molecule has 1 aliphatic carbocycles. The molecule has 7 heteroatoms. The van der Waals surface area contributed by atoms with Gasteiger partial charge in [-0.2, -0.15) is 0 Å². The van der Waals surface area contributed by atoms with Crippen molar-refractivity contribution in [2.24, 2.45) is 11.8 Å². The third-order valence-electron chi connectivity index (χ3n) is 6.05. The molecule has 3 rings (SSSR count). The Hall–Kier alpha value is -2.60. The Kier molecular flexibility index (Phi) is 6.90. The van der Waals surface area contributed by atoms with Crippen molar-refractivity contribution in [1.29, 1.82) is 0 Å². The van der Waals surface area contributed by atoms with Crippen LogP contribution in [0, 0.1) is 11.8 Å². The Bertz CT molecular complexity index is 963. The Morgan fingerprint density at radius 3 is 2.48 bits per heavy atom. The van der Waals surface area contributed by atoms with Crippen LogP contribution < -0.4 is 5.32 Å². The molecule has 6 nitrogen and oxygen atoms in total. The van der Waals surface area contributed by atoms with Crippen molar-refractivity contribution in [3.63, 3.8) is 0 Å². The summed E-state index contributed by atoms with van der Waals surface area (Å²) in [6, 6.07) is 7.04. The molecule has 0 spiro atoms. The minimum atomic E-state index is -0.911. The van der Waals surface area contributed by atoms with Gasteiger partial charge in [-0.25, -0.2) is 4.79 Å². The van der Waals surface area contributed by atoms with Crippen molar-refractivity contribution in [2.75, 3.05) is 7.11 Å². The zero-order valence-corrected chi connectivity index (χ0v) is 19.2. The van der Waals surface area contributed by atoms with Gasteiger partial charge in [0.15, 0.2) is 5.78 Å². The van der Waals surface area contributed by atoms with Crippen molar-refractivity contribution < 1.29 is 23.9 Å². The van der Waals surface area contributed by atoms with Gasteiger partial charge in [-0.15, -0.1) is 0 Å². The molecule has 0 bridgehead atoms. The number of carbonyl (C=O) groups excluding carboxylic acids is 3. The van der Waals surface area contributed by atoms with E-state index in [1.165, 1.54) is 7.11 Å². The molecule has 0 saturated heterocycles. The van der Waals surface area contributed by atoms with Gasteiger partial charge in [-0.05, 0) is 50.3 Å². The topological polar surface area (TPSA) is 81.7 Å². The van der Waals surface area contributed by atoms with Crippen LogP contribution >= 0.6 is 11.6 Å². The van der Waals surface area contributed by atoms with Crippen LogP contribution in [0.2, 0.25) is 5.02 Å². The lowest BCUT2D eigenvalue weighted by atomic mass is 9.69.